The lowest BCUT2D eigenvalue weighted by Crippen LogP contribution is -2.46. The van der Waals surface area contributed by atoms with E-state index in [2.05, 4.69) is 18.3 Å². The van der Waals surface area contributed by atoms with Gasteiger partial charge in [-0.1, -0.05) is 0 Å². The van der Waals surface area contributed by atoms with Crippen molar-refractivity contribution < 1.29 is 9.52 Å². The van der Waals surface area contributed by atoms with Gasteiger partial charge in [-0.05, 0) is 46.1 Å². The van der Waals surface area contributed by atoms with Crippen molar-refractivity contribution in [1.29, 1.82) is 0 Å². The monoisotopic (exact) mass is 223 g/mol. The highest BCUT2D eigenvalue weighted by Gasteiger charge is 2.34. The molecule has 1 aliphatic rings. The van der Waals surface area contributed by atoms with Crippen LogP contribution in [-0.2, 0) is 0 Å². The average molecular weight is 223 g/mol. The van der Waals surface area contributed by atoms with E-state index < -0.39 is 5.60 Å². The minimum absolute atomic E-state index is 0.238. The standard InChI is InChI=1S/C13H21NO2/c1-9-7-12(11(3)16-9)10(2)14-8-13(15)5-4-6-13/h7,10,14-15H,4-6,8H2,1-3H3. The molecule has 0 saturated heterocycles. The van der Waals surface area contributed by atoms with Crippen molar-refractivity contribution >= 4 is 0 Å². The number of nitrogens with one attached hydrogen (secondary N) is 1. The van der Waals surface area contributed by atoms with Crippen LogP contribution in [0.4, 0.5) is 0 Å². The molecule has 0 radical (unpaired) electrons. The quantitative estimate of drug-likeness (QED) is 0.824. The normalized spacial score (nSPS) is 20.5. The van der Waals surface area contributed by atoms with Gasteiger partial charge in [0.25, 0.3) is 0 Å². The molecule has 1 saturated carbocycles. The van der Waals surface area contributed by atoms with Crippen molar-refractivity contribution in [2.75, 3.05) is 6.54 Å². The minimum atomic E-state index is -0.457. The molecule has 1 aromatic heterocycles. The fraction of sp³-hybridized carbons (Fsp3) is 0.692. The molecule has 1 aliphatic carbocycles. The van der Waals surface area contributed by atoms with Crippen LogP contribution in [0, 0.1) is 13.8 Å². The molecule has 2 rings (SSSR count). The van der Waals surface area contributed by atoms with Crippen molar-refractivity contribution in [3.63, 3.8) is 0 Å². The lowest BCUT2D eigenvalue weighted by molar-refractivity contribution is -0.0329. The van der Waals surface area contributed by atoms with E-state index in [1.165, 1.54) is 5.56 Å². The fourth-order valence-corrected chi connectivity index (χ4v) is 2.30. The van der Waals surface area contributed by atoms with E-state index in [-0.39, 0.29) is 6.04 Å². The molecule has 1 heterocycles. The Morgan fingerprint density at radius 2 is 2.19 bits per heavy atom. The largest absolute Gasteiger partial charge is 0.466 e. The summed E-state index contributed by atoms with van der Waals surface area (Å²) in [4.78, 5) is 0. The van der Waals surface area contributed by atoms with Gasteiger partial charge in [0.1, 0.15) is 11.5 Å². The minimum Gasteiger partial charge on any atom is -0.466 e. The van der Waals surface area contributed by atoms with Crippen molar-refractivity contribution in [1.82, 2.24) is 5.32 Å². The lowest BCUT2D eigenvalue weighted by atomic mass is 9.80. The third kappa shape index (κ3) is 2.30. The molecule has 1 unspecified atom stereocenters. The molecule has 1 atom stereocenters. The van der Waals surface area contributed by atoms with Gasteiger partial charge in [-0.25, -0.2) is 0 Å². The van der Waals surface area contributed by atoms with E-state index >= 15 is 0 Å². The molecule has 0 bridgehead atoms. The second kappa shape index (κ2) is 4.22. The Morgan fingerprint density at radius 1 is 1.50 bits per heavy atom. The Morgan fingerprint density at radius 3 is 2.62 bits per heavy atom. The van der Waals surface area contributed by atoms with Gasteiger partial charge < -0.3 is 14.8 Å². The molecular formula is C13H21NO2. The Bertz CT molecular complexity index is 366. The number of hydrogen-bond acceptors (Lipinski definition) is 3. The van der Waals surface area contributed by atoms with Gasteiger partial charge in [-0.3, -0.25) is 0 Å². The maximum absolute atomic E-state index is 9.99. The zero-order valence-corrected chi connectivity index (χ0v) is 10.3. The molecule has 0 aromatic carbocycles. The van der Waals surface area contributed by atoms with Crippen LogP contribution >= 0.6 is 0 Å². The van der Waals surface area contributed by atoms with Crippen molar-refractivity contribution in [2.24, 2.45) is 0 Å². The summed E-state index contributed by atoms with van der Waals surface area (Å²) < 4.78 is 5.51. The van der Waals surface area contributed by atoms with E-state index in [4.69, 9.17) is 4.42 Å². The Labute approximate surface area is 96.8 Å². The number of furan rings is 1. The highest BCUT2D eigenvalue weighted by molar-refractivity contribution is 5.23. The van der Waals surface area contributed by atoms with Crippen molar-refractivity contribution in [3.8, 4) is 0 Å². The molecule has 1 aromatic rings. The van der Waals surface area contributed by atoms with Crippen LogP contribution in [0.1, 0.15) is 49.3 Å². The molecule has 90 valence electrons. The summed E-state index contributed by atoms with van der Waals surface area (Å²) >= 11 is 0. The third-order valence-corrected chi connectivity index (χ3v) is 3.57. The highest BCUT2D eigenvalue weighted by Crippen LogP contribution is 2.31. The first-order valence-corrected chi connectivity index (χ1v) is 6.03. The van der Waals surface area contributed by atoms with Gasteiger partial charge in [0, 0.05) is 18.2 Å². The van der Waals surface area contributed by atoms with Crippen LogP contribution in [-0.4, -0.2) is 17.3 Å². The van der Waals surface area contributed by atoms with Crippen molar-refractivity contribution in [3.05, 3.63) is 23.2 Å². The zero-order chi connectivity index (χ0) is 11.8. The van der Waals surface area contributed by atoms with E-state index in [0.29, 0.717) is 6.54 Å². The van der Waals surface area contributed by atoms with Gasteiger partial charge in [-0.15, -0.1) is 0 Å². The van der Waals surface area contributed by atoms with Crippen LogP contribution in [0.15, 0.2) is 10.5 Å². The fourth-order valence-electron chi connectivity index (χ4n) is 2.30. The molecule has 3 nitrogen and oxygen atoms in total. The first-order chi connectivity index (χ1) is 7.50. The Balaban J connectivity index is 1.92. The third-order valence-electron chi connectivity index (χ3n) is 3.57. The maximum atomic E-state index is 9.99. The molecule has 2 N–H and O–H groups in total. The Hall–Kier alpha value is -0.800. The van der Waals surface area contributed by atoms with Gasteiger partial charge in [0.2, 0.25) is 0 Å². The van der Waals surface area contributed by atoms with Crippen LogP contribution in [0.2, 0.25) is 0 Å². The van der Waals surface area contributed by atoms with Gasteiger partial charge in [0.05, 0.1) is 5.60 Å². The predicted octanol–water partition coefficient (Wildman–Crippen LogP) is 2.46. The molecule has 1 fully saturated rings. The van der Waals surface area contributed by atoms with Crippen LogP contribution in [0.25, 0.3) is 0 Å². The molecule has 0 amide bonds. The second-order valence-corrected chi connectivity index (χ2v) is 5.05. The second-order valence-electron chi connectivity index (χ2n) is 5.05. The van der Waals surface area contributed by atoms with E-state index in [1.54, 1.807) is 0 Å². The maximum Gasteiger partial charge on any atom is 0.105 e. The summed E-state index contributed by atoms with van der Waals surface area (Å²) in [5.41, 5.74) is 0.737. The summed E-state index contributed by atoms with van der Waals surface area (Å²) in [6, 6.07) is 2.31. The van der Waals surface area contributed by atoms with Crippen LogP contribution in [0.5, 0.6) is 0 Å². The van der Waals surface area contributed by atoms with Crippen LogP contribution in [0.3, 0.4) is 0 Å². The van der Waals surface area contributed by atoms with E-state index in [9.17, 15) is 5.11 Å². The number of aryl methyl sites for hydroxylation is 2. The summed E-state index contributed by atoms with van der Waals surface area (Å²) in [6.45, 7) is 6.73. The summed E-state index contributed by atoms with van der Waals surface area (Å²) in [7, 11) is 0. The smallest absolute Gasteiger partial charge is 0.105 e. The Kier molecular flexibility index (Phi) is 3.08. The summed E-state index contributed by atoms with van der Waals surface area (Å²) in [6.07, 6.45) is 3.00. The molecular weight excluding hydrogens is 202 g/mol. The van der Waals surface area contributed by atoms with Crippen LogP contribution < -0.4 is 5.32 Å². The zero-order valence-electron chi connectivity index (χ0n) is 10.3. The van der Waals surface area contributed by atoms with Crippen molar-refractivity contribution in [2.45, 2.75) is 51.7 Å². The molecule has 3 heteroatoms. The molecule has 16 heavy (non-hydrogen) atoms. The molecule has 0 spiro atoms. The van der Waals surface area contributed by atoms with E-state index in [1.807, 2.05) is 13.8 Å². The number of hydrogen-bond donors (Lipinski definition) is 2. The molecule has 0 aliphatic heterocycles. The van der Waals surface area contributed by atoms with Gasteiger partial charge >= 0.3 is 0 Å². The predicted molar refractivity (Wildman–Crippen MR) is 63.4 cm³/mol. The summed E-state index contributed by atoms with van der Waals surface area (Å²) in [5, 5.41) is 13.4. The first-order valence-electron chi connectivity index (χ1n) is 6.03. The number of aliphatic hydroxyl groups is 1. The van der Waals surface area contributed by atoms with Gasteiger partial charge in [-0.2, -0.15) is 0 Å². The average Bonchev–Trinajstić information content (AvgIpc) is 2.51. The topological polar surface area (TPSA) is 45.4 Å². The SMILES string of the molecule is Cc1cc(C(C)NCC2(O)CCC2)c(C)o1. The number of rotatable bonds is 4. The first kappa shape index (κ1) is 11.7. The lowest BCUT2D eigenvalue weighted by Gasteiger charge is -2.37. The van der Waals surface area contributed by atoms with Gasteiger partial charge in [0.15, 0.2) is 0 Å². The highest BCUT2D eigenvalue weighted by atomic mass is 16.3. The van der Waals surface area contributed by atoms with E-state index in [0.717, 1.165) is 30.8 Å². The summed E-state index contributed by atoms with van der Waals surface area (Å²) in [5.74, 6) is 1.92.